The zero-order chi connectivity index (χ0) is 13.1. The van der Waals surface area contributed by atoms with E-state index in [0.717, 1.165) is 19.3 Å². The third-order valence-electron chi connectivity index (χ3n) is 5.05. The smallest absolute Gasteiger partial charge is 0.238 e. The van der Waals surface area contributed by atoms with E-state index in [0.29, 0.717) is 17.5 Å². The van der Waals surface area contributed by atoms with Gasteiger partial charge in [-0.2, -0.15) is 0 Å². The minimum atomic E-state index is -0.133. The Morgan fingerprint density at radius 1 is 1.00 bits per heavy atom. The molecule has 2 bridgehead atoms. The summed E-state index contributed by atoms with van der Waals surface area (Å²) < 4.78 is 0. The van der Waals surface area contributed by atoms with Crippen molar-refractivity contribution in [1.82, 2.24) is 0 Å². The fraction of sp³-hybridized carbons (Fsp3) is 0.467. The summed E-state index contributed by atoms with van der Waals surface area (Å²) in [4.78, 5) is 26.3. The lowest BCUT2D eigenvalue weighted by atomic mass is 9.81. The molecule has 98 valence electrons. The molecule has 2 saturated carbocycles. The molecule has 19 heavy (non-hydrogen) atoms. The molecule has 1 aliphatic heterocycles. The van der Waals surface area contributed by atoms with Crippen LogP contribution in [0.25, 0.3) is 0 Å². The monoisotopic (exact) mass is 257 g/mol. The van der Waals surface area contributed by atoms with E-state index in [1.54, 1.807) is 18.2 Å². The largest absolute Gasteiger partial charge is 0.506 e. The van der Waals surface area contributed by atoms with E-state index >= 15 is 0 Å². The third-order valence-corrected chi connectivity index (χ3v) is 5.05. The van der Waals surface area contributed by atoms with E-state index in [2.05, 4.69) is 0 Å². The number of rotatable bonds is 1. The van der Waals surface area contributed by atoms with Crippen LogP contribution in [0.4, 0.5) is 5.69 Å². The van der Waals surface area contributed by atoms with Gasteiger partial charge in [-0.3, -0.25) is 9.59 Å². The summed E-state index contributed by atoms with van der Waals surface area (Å²) in [6, 6.07) is 6.57. The maximum atomic E-state index is 12.5. The van der Waals surface area contributed by atoms with Gasteiger partial charge in [-0.25, -0.2) is 4.90 Å². The number of hydrogen-bond acceptors (Lipinski definition) is 3. The Balaban J connectivity index is 1.78. The number of anilines is 1. The lowest BCUT2D eigenvalue weighted by molar-refractivity contribution is -0.123. The molecule has 0 spiro atoms. The summed E-state index contributed by atoms with van der Waals surface area (Å²) in [6.45, 7) is 0. The van der Waals surface area contributed by atoms with Gasteiger partial charge in [0, 0.05) is 0 Å². The normalized spacial score (nSPS) is 36.1. The Hall–Kier alpha value is -1.84. The molecule has 2 aliphatic carbocycles. The van der Waals surface area contributed by atoms with Gasteiger partial charge >= 0.3 is 0 Å². The Labute approximate surface area is 111 Å². The van der Waals surface area contributed by atoms with Crippen molar-refractivity contribution in [2.24, 2.45) is 23.7 Å². The van der Waals surface area contributed by atoms with Crippen molar-refractivity contribution in [2.75, 3.05) is 4.90 Å². The van der Waals surface area contributed by atoms with E-state index in [9.17, 15) is 14.7 Å². The van der Waals surface area contributed by atoms with Gasteiger partial charge in [-0.15, -0.1) is 0 Å². The molecular formula is C15H15NO3. The number of imide groups is 1. The first-order valence-corrected chi connectivity index (χ1v) is 6.84. The van der Waals surface area contributed by atoms with Crippen LogP contribution in [0.2, 0.25) is 0 Å². The van der Waals surface area contributed by atoms with Crippen LogP contribution in [-0.4, -0.2) is 16.9 Å². The van der Waals surface area contributed by atoms with Crippen LogP contribution in [0.3, 0.4) is 0 Å². The average Bonchev–Trinajstić information content (AvgIpc) is 3.06. The molecular weight excluding hydrogens is 242 g/mol. The first-order chi connectivity index (χ1) is 9.18. The Morgan fingerprint density at radius 3 is 2.16 bits per heavy atom. The SMILES string of the molecule is O=C1[C@@H]2[C@H]3CC[C@@H](C3)[C@@H]2C(=O)N1c1ccccc1O. The van der Waals surface area contributed by atoms with Crippen LogP contribution in [0.15, 0.2) is 24.3 Å². The minimum absolute atomic E-state index is 0.00322. The standard InChI is InChI=1S/C15H15NO3/c17-11-4-2-1-3-10(11)16-14(18)12-8-5-6-9(7-8)13(12)15(16)19/h1-4,8-9,12-13,17H,5-7H2/t8-,9-,12-,13+/m0/s1. The highest BCUT2D eigenvalue weighted by molar-refractivity contribution is 6.23. The Bertz CT molecular complexity index is 555. The molecule has 2 amide bonds. The molecule has 1 N–H and O–H groups in total. The van der Waals surface area contributed by atoms with Crippen molar-refractivity contribution in [3.05, 3.63) is 24.3 Å². The van der Waals surface area contributed by atoms with Crippen molar-refractivity contribution in [2.45, 2.75) is 19.3 Å². The van der Waals surface area contributed by atoms with Crippen molar-refractivity contribution in [3.8, 4) is 5.75 Å². The highest BCUT2D eigenvalue weighted by Crippen LogP contribution is 2.57. The number of amides is 2. The predicted molar refractivity (Wildman–Crippen MR) is 68.4 cm³/mol. The van der Waals surface area contributed by atoms with Gasteiger partial charge in [-0.05, 0) is 43.2 Å². The number of nitrogens with zero attached hydrogens (tertiary/aromatic N) is 1. The maximum absolute atomic E-state index is 12.5. The van der Waals surface area contributed by atoms with Gasteiger partial charge in [0.25, 0.3) is 0 Å². The van der Waals surface area contributed by atoms with E-state index < -0.39 is 0 Å². The molecule has 4 nitrogen and oxygen atoms in total. The number of carbonyl (C=O) groups excluding carboxylic acids is 2. The first kappa shape index (κ1) is 11.0. The number of benzene rings is 1. The van der Waals surface area contributed by atoms with Gasteiger partial charge < -0.3 is 5.11 Å². The molecule has 0 unspecified atom stereocenters. The highest BCUT2D eigenvalue weighted by atomic mass is 16.3. The molecule has 1 heterocycles. The summed E-state index contributed by atoms with van der Waals surface area (Å²) in [5.74, 6) is 0.269. The number of hydrogen-bond donors (Lipinski definition) is 1. The van der Waals surface area contributed by atoms with Crippen LogP contribution >= 0.6 is 0 Å². The first-order valence-electron chi connectivity index (χ1n) is 6.84. The van der Waals surface area contributed by atoms with E-state index in [4.69, 9.17) is 0 Å². The van der Waals surface area contributed by atoms with E-state index in [1.165, 1.54) is 11.0 Å². The van der Waals surface area contributed by atoms with Crippen molar-refractivity contribution < 1.29 is 14.7 Å². The number of phenols is 1. The average molecular weight is 257 g/mol. The summed E-state index contributed by atoms with van der Waals surface area (Å²) >= 11 is 0. The van der Waals surface area contributed by atoms with E-state index in [1.807, 2.05) is 0 Å². The zero-order valence-electron chi connectivity index (χ0n) is 10.5. The fourth-order valence-corrected chi connectivity index (χ4v) is 4.30. The molecule has 1 aromatic carbocycles. The Kier molecular flexibility index (Phi) is 2.08. The minimum Gasteiger partial charge on any atom is -0.506 e. The summed E-state index contributed by atoms with van der Waals surface area (Å²) in [6.07, 6.45) is 3.17. The van der Waals surface area contributed by atoms with Crippen molar-refractivity contribution >= 4 is 17.5 Å². The lowest BCUT2D eigenvalue weighted by Crippen LogP contribution is -2.32. The predicted octanol–water partition coefficient (Wildman–Crippen LogP) is 1.93. The molecule has 1 saturated heterocycles. The van der Waals surface area contributed by atoms with Gasteiger partial charge in [0.05, 0.1) is 17.5 Å². The van der Waals surface area contributed by atoms with Gasteiger partial charge in [0.1, 0.15) is 5.75 Å². The summed E-state index contributed by atoms with van der Waals surface area (Å²) in [5, 5.41) is 9.87. The third kappa shape index (κ3) is 1.29. The second-order valence-electron chi connectivity index (χ2n) is 5.89. The molecule has 4 heteroatoms. The number of carbonyl (C=O) groups is 2. The molecule has 0 radical (unpaired) electrons. The molecule has 4 atom stereocenters. The van der Waals surface area contributed by atoms with Gasteiger partial charge in [0.2, 0.25) is 11.8 Å². The van der Waals surface area contributed by atoms with E-state index in [-0.39, 0.29) is 29.4 Å². The Morgan fingerprint density at radius 2 is 1.58 bits per heavy atom. The van der Waals surface area contributed by atoms with Crippen LogP contribution in [-0.2, 0) is 9.59 Å². The molecule has 3 aliphatic rings. The van der Waals surface area contributed by atoms with Crippen LogP contribution in [0, 0.1) is 23.7 Å². The lowest BCUT2D eigenvalue weighted by Gasteiger charge is -2.19. The zero-order valence-corrected chi connectivity index (χ0v) is 10.5. The molecule has 1 aromatic rings. The summed E-state index contributed by atoms with van der Waals surface area (Å²) in [7, 11) is 0. The molecule has 3 fully saturated rings. The maximum Gasteiger partial charge on any atom is 0.238 e. The quantitative estimate of drug-likeness (QED) is 0.782. The number of para-hydroxylation sites is 2. The molecule has 0 aromatic heterocycles. The molecule has 4 rings (SSSR count). The number of fused-ring (bicyclic) bond motifs is 5. The second kappa shape index (κ2) is 3.59. The summed E-state index contributed by atoms with van der Waals surface area (Å²) in [5.41, 5.74) is 0.339. The highest BCUT2D eigenvalue weighted by Gasteiger charge is 2.61. The van der Waals surface area contributed by atoms with Crippen LogP contribution < -0.4 is 4.90 Å². The fourth-order valence-electron chi connectivity index (χ4n) is 4.30. The second-order valence-corrected chi connectivity index (χ2v) is 5.89. The van der Waals surface area contributed by atoms with Crippen molar-refractivity contribution in [1.29, 1.82) is 0 Å². The number of phenolic OH excluding ortho intramolecular Hbond substituents is 1. The van der Waals surface area contributed by atoms with Gasteiger partial charge in [0.15, 0.2) is 0 Å². The van der Waals surface area contributed by atoms with Gasteiger partial charge in [-0.1, -0.05) is 12.1 Å². The topological polar surface area (TPSA) is 57.6 Å². The van der Waals surface area contributed by atoms with Crippen LogP contribution in [0.1, 0.15) is 19.3 Å². The van der Waals surface area contributed by atoms with Crippen LogP contribution in [0.5, 0.6) is 5.75 Å². The number of aromatic hydroxyl groups is 1. The van der Waals surface area contributed by atoms with Crippen molar-refractivity contribution in [3.63, 3.8) is 0 Å².